The van der Waals surface area contributed by atoms with E-state index >= 15 is 0 Å². The second kappa shape index (κ2) is 5.64. The Bertz CT molecular complexity index is 659. The van der Waals surface area contributed by atoms with Crippen LogP contribution in [-0.2, 0) is 6.54 Å². The molecule has 2 aromatic carbocycles. The van der Waals surface area contributed by atoms with Crippen molar-refractivity contribution in [2.45, 2.75) is 6.54 Å². The molecule has 0 heterocycles. The van der Waals surface area contributed by atoms with Crippen molar-refractivity contribution in [1.82, 2.24) is 0 Å². The Morgan fingerprint density at radius 1 is 1.05 bits per heavy atom. The summed E-state index contributed by atoms with van der Waals surface area (Å²) in [5.74, 6) is -4.35. The van der Waals surface area contributed by atoms with Gasteiger partial charge in [0, 0.05) is 23.9 Å². The zero-order chi connectivity index (χ0) is 14.7. The first kappa shape index (κ1) is 13.9. The van der Waals surface area contributed by atoms with Gasteiger partial charge in [-0.2, -0.15) is 0 Å². The number of hydrogen-bond acceptors (Lipinski definition) is 2. The molecule has 0 amide bonds. The van der Waals surface area contributed by atoms with Crippen molar-refractivity contribution in [3.8, 4) is 0 Å². The number of carbonyl (C=O) groups is 1. The lowest BCUT2D eigenvalue weighted by Gasteiger charge is -2.08. The number of halogens is 3. The number of carboxylic acids is 1. The summed E-state index contributed by atoms with van der Waals surface area (Å²) in [6, 6.07) is 7.11. The van der Waals surface area contributed by atoms with Crippen LogP contribution in [0, 0.1) is 17.5 Å². The highest BCUT2D eigenvalue weighted by molar-refractivity contribution is 5.88. The molecular formula is C14H10F3NO2. The fraction of sp³-hybridized carbons (Fsp3) is 0.0714. The summed E-state index contributed by atoms with van der Waals surface area (Å²) in [6.45, 7) is -0.0912. The topological polar surface area (TPSA) is 49.3 Å². The minimum atomic E-state index is -1.25. The van der Waals surface area contributed by atoms with Crippen molar-refractivity contribution in [1.29, 1.82) is 0 Å². The lowest BCUT2D eigenvalue weighted by atomic mass is 10.1. The number of hydrogen-bond donors (Lipinski definition) is 2. The molecule has 0 radical (unpaired) electrons. The molecule has 0 aliphatic rings. The molecule has 20 heavy (non-hydrogen) atoms. The summed E-state index contributed by atoms with van der Waals surface area (Å²) in [6.07, 6.45) is 0. The first-order chi connectivity index (χ1) is 9.47. The summed E-state index contributed by atoms with van der Waals surface area (Å²) in [5, 5.41) is 11.6. The van der Waals surface area contributed by atoms with Crippen LogP contribution < -0.4 is 5.32 Å². The van der Waals surface area contributed by atoms with Gasteiger partial charge in [0.1, 0.15) is 5.82 Å². The second-order valence-electron chi connectivity index (χ2n) is 4.10. The highest BCUT2D eigenvalue weighted by atomic mass is 19.2. The predicted molar refractivity (Wildman–Crippen MR) is 67.0 cm³/mol. The van der Waals surface area contributed by atoms with Crippen molar-refractivity contribution in [2.75, 3.05) is 5.32 Å². The van der Waals surface area contributed by atoms with Crippen LogP contribution in [0.3, 0.4) is 0 Å². The van der Waals surface area contributed by atoms with Crippen LogP contribution in [0.2, 0.25) is 0 Å². The van der Waals surface area contributed by atoms with E-state index in [9.17, 15) is 18.0 Å². The molecule has 0 aromatic heterocycles. The van der Waals surface area contributed by atoms with Crippen molar-refractivity contribution < 1.29 is 23.1 Å². The Hall–Kier alpha value is -2.50. The van der Waals surface area contributed by atoms with E-state index in [1.54, 1.807) is 6.07 Å². The van der Waals surface area contributed by atoms with E-state index in [-0.39, 0.29) is 17.7 Å². The Morgan fingerprint density at radius 3 is 2.45 bits per heavy atom. The normalized spacial score (nSPS) is 10.3. The number of rotatable bonds is 4. The highest BCUT2D eigenvalue weighted by Crippen LogP contribution is 2.16. The number of carboxylic acid groups (broad SMARTS) is 1. The van der Waals surface area contributed by atoms with Gasteiger partial charge < -0.3 is 10.4 Å². The maximum Gasteiger partial charge on any atom is 0.335 e. The van der Waals surface area contributed by atoms with Crippen molar-refractivity contribution in [3.63, 3.8) is 0 Å². The molecule has 0 saturated heterocycles. The van der Waals surface area contributed by atoms with Gasteiger partial charge in [0.05, 0.1) is 5.56 Å². The molecule has 0 aliphatic heterocycles. The average Bonchev–Trinajstić information content (AvgIpc) is 2.41. The SMILES string of the molecule is O=C(O)c1cccc(NCc2cc(F)c(F)cc2F)c1. The molecule has 0 unspecified atom stereocenters. The Morgan fingerprint density at radius 2 is 1.75 bits per heavy atom. The van der Waals surface area contributed by atoms with Gasteiger partial charge >= 0.3 is 5.97 Å². The van der Waals surface area contributed by atoms with E-state index in [4.69, 9.17) is 5.11 Å². The number of aromatic carboxylic acids is 1. The molecule has 0 spiro atoms. The summed E-state index contributed by atoms with van der Waals surface area (Å²) >= 11 is 0. The zero-order valence-corrected chi connectivity index (χ0v) is 10.2. The van der Waals surface area contributed by atoms with Gasteiger partial charge in [-0.05, 0) is 24.3 Å². The maximum atomic E-state index is 13.4. The molecule has 2 rings (SSSR count). The molecule has 0 bridgehead atoms. The molecule has 0 atom stereocenters. The molecule has 2 aromatic rings. The fourth-order valence-corrected chi connectivity index (χ4v) is 1.66. The first-order valence-electron chi connectivity index (χ1n) is 5.68. The molecule has 104 valence electrons. The number of nitrogens with one attached hydrogen (secondary N) is 1. The van der Waals surface area contributed by atoms with E-state index in [1.165, 1.54) is 18.2 Å². The molecule has 3 nitrogen and oxygen atoms in total. The Labute approximate surface area is 112 Å². The van der Waals surface area contributed by atoms with Gasteiger partial charge in [0.25, 0.3) is 0 Å². The summed E-state index contributed by atoms with van der Waals surface area (Å²) in [5.41, 5.74) is 0.458. The predicted octanol–water partition coefficient (Wildman–Crippen LogP) is 3.41. The smallest absolute Gasteiger partial charge is 0.335 e. The molecule has 0 fully saturated rings. The molecule has 0 aliphatic carbocycles. The molecule has 2 N–H and O–H groups in total. The van der Waals surface area contributed by atoms with Crippen LogP contribution in [0.5, 0.6) is 0 Å². The lowest BCUT2D eigenvalue weighted by Crippen LogP contribution is -2.05. The third kappa shape index (κ3) is 3.09. The molecule has 0 saturated carbocycles. The molecule has 6 heteroatoms. The van der Waals surface area contributed by atoms with Gasteiger partial charge in [-0.15, -0.1) is 0 Å². The van der Waals surface area contributed by atoms with Crippen LogP contribution in [0.25, 0.3) is 0 Å². The van der Waals surface area contributed by atoms with Crippen LogP contribution >= 0.6 is 0 Å². The van der Waals surface area contributed by atoms with Gasteiger partial charge in [0.15, 0.2) is 11.6 Å². The van der Waals surface area contributed by atoms with Crippen molar-refractivity contribution in [2.24, 2.45) is 0 Å². The standard InChI is InChI=1S/C14H10F3NO2/c15-11-6-13(17)12(16)5-9(11)7-18-10-3-1-2-8(4-10)14(19)20/h1-6,18H,7H2,(H,19,20). The Balaban J connectivity index is 2.15. The van der Waals surface area contributed by atoms with E-state index in [2.05, 4.69) is 5.32 Å². The number of anilines is 1. The maximum absolute atomic E-state index is 13.4. The van der Waals surface area contributed by atoms with E-state index in [0.717, 1.165) is 6.07 Å². The monoisotopic (exact) mass is 281 g/mol. The van der Waals surface area contributed by atoms with E-state index in [1.807, 2.05) is 0 Å². The van der Waals surface area contributed by atoms with Crippen LogP contribution in [0.1, 0.15) is 15.9 Å². The van der Waals surface area contributed by atoms with Gasteiger partial charge in [-0.3, -0.25) is 0 Å². The van der Waals surface area contributed by atoms with Crippen LogP contribution in [-0.4, -0.2) is 11.1 Å². The third-order valence-electron chi connectivity index (χ3n) is 2.68. The average molecular weight is 281 g/mol. The first-order valence-corrected chi connectivity index (χ1v) is 5.68. The van der Waals surface area contributed by atoms with E-state index in [0.29, 0.717) is 11.8 Å². The highest BCUT2D eigenvalue weighted by Gasteiger charge is 2.10. The van der Waals surface area contributed by atoms with Crippen LogP contribution in [0.15, 0.2) is 36.4 Å². The summed E-state index contributed by atoms with van der Waals surface area (Å²) < 4.78 is 39.2. The van der Waals surface area contributed by atoms with Gasteiger partial charge in [-0.25, -0.2) is 18.0 Å². The summed E-state index contributed by atoms with van der Waals surface area (Å²) in [7, 11) is 0. The van der Waals surface area contributed by atoms with Gasteiger partial charge in [0.2, 0.25) is 0 Å². The van der Waals surface area contributed by atoms with E-state index < -0.39 is 23.4 Å². The zero-order valence-electron chi connectivity index (χ0n) is 10.2. The largest absolute Gasteiger partial charge is 0.478 e. The van der Waals surface area contributed by atoms with Crippen molar-refractivity contribution >= 4 is 11.7 Å². The minimum absolute atomic E-state index is 0.0513. The molecular weight excluding hydrogens is 271 g/mol. The lowest BCUT2D eigenvalue weighted by molar-refractivity contribution is 0.0697. The fourth-order valence-electron chi connectivity index (χ4n) is 1.66. The Kier molecular flexibility index (Phi) is 3.93. The van der Waals surface area contributed by atoms with Crippen LogP contribution in [0.4, 0.5) is 18.9 Å². The van der Waals surface area contributed by atoms with Crippen molar-refractivity contribution in [3.05, 3.63) is 65.0 Å². The third-order valence-corrected chi connectivity index (χ3v) is 2.68. The summed E-state index contributed by atoms with van der Waals surface area (Å²) in [4.78, 5) is 10.8. The second-order valence-corrected chi connectivity index (χ2v) is 4.10. The number of benzene rings is 2. The quantitative estimate of drug-likeness (QED) is 0.844. The minimum Gasteiger partial charge on any atom is -0.478 e. The van der Waals surface area contributed by atoms with Gasteiger partial charge in [-0.1, -0.05) is 6.07 Å².